The average molecular weight is 431 g/mol. The second-order valence-electron chi connectivity index (χ2n) is 8.13. The number of aryl methyl sites for hydroxylation is 2. The van der Waals surface area contributed by atoms with Gasteiger partial charge in [-0.25, -0.2) is 9.97 Å². The van der Waals surface area contributed by atoms with Crippen LogP contribution in [0.25, 0.3) is 45.1 Å². The molecule has 0 aliphatic carbocycles. The summed E-state index contributed by atoms with van der Waals surface area (Å²) in [6.07, 6.45) is 1.90. The van der Waals surface area contributed by atoms with E-state index in [-0.39, 0.29) is 0 Å². The minimum atomic E-state index is 0.608. The molecule has 2 heterocycles. The maximum absolute atomic E-state index is 5.87. The van der Waals surface area contributed by atoms with Crippen molar-refractivity contribution in [1.29, 1.82) is 0 Å². The Morgan fingerprint density at radius 2 is 1.12 bits per heavy atom. The third-order valence-electron chi connectivity index (χ3n) is 5.81. The first-order valence-corrected chi connectivity index (χ1v) is 10.9. The van der Waals surface area contributed by atoms with Gasteiger partial charge in [-0.05, 0) is 78.6 Å². The van der Waals surface area contributed by atoms with Gasteiger partial charge in [-0.3, -0.25) is 0 Å². The number of hydrogen-bond donors (Lipinski definition) is 1. The standard InChI is InChI=1S/C28H21N3O2/c29-22-15-16-26-24(17-22)31-28(33-26)21-13-9-19(10-14-21)6-5-18-7-11-20(12-8-18)27-30-23-3-1-2-4-25(23)32-27/h1-4,7-17H,5-6,29H2. The van der Waals surface area contributed by atoms with Crippen LogP contribution in [0, 0.1) is 0 Å². The fourth-order valence-electron chi connectivity index (χ4n) is 3.98. The number of nitrogens with two attached hydrogens (primary N) is 1. The van der Waals surface area contributed by atoms with Crippen LogP contribution in [0.2, 0.25) is 0 Å². The van der Waals surface area contributed by atoms with Crippen molar-refractivity contribution in [3.8, 4) is 22.9 Å². The Morgan fingerprint density at radius 3 is 1.73 bits per heavy atom. The summed E-state index contributed by atoms with van der Waals surface area (Å²) in [5.74, 6) is 1.26. The van der Waals surface area contributed by atoms with Crippen molar-refractivity contribution in [2.24, 2.45) is 0 Å². The van der Waals surface area contributed by atoms with Crippen molar-refractivity contribution in [3.63, 3.8) is 0 Å². The van der Waals surface area contributed by atoms with Gasteiger partial charge < -0.3 is 14.6 Å². The van der Waals surface area contributed by atoms with Gasteiger partial charge in [-0.1, -0.05) is 36.4 Å². The third-order valence-corrected chi connectivity index (χ3v) is 5.81. The molecule has 2 aromatic heterocycles. The molecule has 0 aliphatic rings. The zero-order valence-corrected chi connectivity index (χ0v) is 17.9. The van der Waals surface area contributed by atoms with Gasteiger partial charge in [0.15, 0.2) is 11.2 Å². The van der Waals surface area contributed by atoms with E-state index in [1.165, 1.54) is 11.1 Å². The predicted molar refractivity (Wildman–Crippen MR) is 131 cm³/mol. The second-order valence-corrected chi connectivity index (χ2v) is 8.13. The Labute approximate surface area is 190 Å². The van der Waals surface area contributed by atoms with E-state index in [1.54, 1.807) is 0 Å². The Balaban J connectivity index is 1.13. The number of fused-ring (bicyclic) bond motifs is 2. The van der Waals surface area contributed by atoms with Crippen LogP contribution < -0.4 is 5.73 Å². The first-order valence-electron chi connectivity index (χ1n) is 10.9. The van der Waals surface area contributed by atoms with Gasteiger partial charge in [-0.15, -0.1) is 0 Å². The average Bonchev–Trinajstić information content (AvgIpc) is 3.47. The predicted octanol–water partition coefficient (Wildman–Crippen LogP) is 6.67. The number of nitrogen functional groups attached to an aromatic ring is 1. The number of nitrogens with zero attached hydrogens (tertiary/aromatic N) is 2. The molecule has 0 amide bonds. The molecule has 0 unspecified atom stereocenters. The van der Waals surface area contributed by atoms with E-state index in [0.717, 1.165) is 46.2 Å². The topological polar surface area (TPSA) is 78.1 Å². The molecule has 5 nitrogen and oxygen atoms in total. The normalized spacial score (nSPS) is 11.4. The lowest BCUT2D eigenvalue weighted by Gasteiger charge is -2.04. The molecule has 0 aliphatic heterocycles. The zero-order chi connectivity index (χ0) is 22.2. The van der Waals surface area contributed by atoms with Gasteiger partial charge in [0, 0.05) is 16.8 Å². The second kappa shape index (κ2) is 7.95. The number of oxazole rings is 2. The highest BCUT2D eigenvalue weighted by Gasteiger charge is 2.10. The van der Waals surface area contributed by atoms with Crippen LogP contribution in [-0.2, 0) is 12.8 Å². The molecule has 4 aromatic carbocycles. The first kappa shape index (κ1) is 19.3. The minimum absolute atomic E-state index is 0.608. The summed E-state index contributed by atoms with van der Waals surface area (Å²) in [6, 6.07) is 30.1. The van der Waals surface area contributed by atoms with Gasteiger partial charge in [0.1, 0.15) is 11.0 Å². The summed E-state index contributed by atoms with van der Waals surface area (Å²) >= 11 is 0. The largest absolute Gasteiger partial charge is 0.436 e. The van der Waals surface area contributed by atoms with E-state index in [4.69, 9.17) is 14.6 Å². The van der Waals surface area contributed by atoms with Crippen molar-refractivity contribution in [1.82, 2.24) is 9.97 Å². The van der Waals surface area contributed by atoms with Gasteiger partial charge >= 0.3 is 0 Å². The van der Waals surface area contributed by atoms with E-state index in [9.17, 15) is 0 Å². The summed E-state index contributed by atoms with van der Waals surface area (Å²) < 4.78 is 11.7. The maximum Gasteiger partial charge on any atom is 0.227 e. The molecule has 0 fully saturated rings. The number of benzene rings is 4. The van der Waals surface area contributed by atoms with E-state index >= 15 is 0 Å². The molecule has 0 radical (unpaired) electrons. The van der Waals surface area contributed by atoms with Crippen LogP contribution in [0.15, 0.2) is 99.8 Å². The molecule has 6 aromatic rings. The van der Waals surface area contributed by atoms with Crippen molar-refractivity contribution >= 4 is 27.9 Å². The van der Waals surface area contributed by atoms with E-state index in [1.807, 2.05) is 42.5 Å². The molecule has 0 spiro atoms. The van der Waals surface area contributed by atoms with Crippen LogP contribution in [-0.4, -0.2) is 9.97 Å². The molecule has 6 rings (SSSR count). The molecule has 0 bridgehead atoms. The maximum atomic E-state index is 5.87. The molecule has 0 atom stereocenters. The van der Waals surface area contributed by atoms with Crippen LogP contribution in [0.1, 0.15) is 11.1 Å². The SMILES string of the molecule is Nc1ccc2oc(-c3ccc(CCc4ccc(-c5nc6ccccc6o5)cc4)cc3)nc2c1. The molecule has 33 heavy (non-hydrogen) atoms. The van der Waals surface area contributed by atoms with Crippen LogP contribution in [0.3, 0.4) is 0 Å². The molecular formula is C28H21N3O2. The van der Waals surface area contributed by atoms with Gasteiger partial charge in [0.05, 0.1) is 0 Å². The highest BCUT2D eigenvalue weighted by atomic mass is 16.4. The van der Waals surface area contributed by atoms with Crippen molar-refractivity contribution in [2.45, 2.75) is 12.8 Å². The fourth-order valence-corrected chi connectivity index (χ4v) is 3.98. The van der Waals surface area contributed by atoms with E-state index < -0.39 is 0 Å². The fraction of sp³-hybridized carbons (Fsp3) is 0.0714. The quantitative estimate of drug-likeness (QED) is 0.308. The lowest BCUT2D eigenvalue weighted by molar-refractivity contribution is 0.619. The lowest BCUT2D eigenvalue weighted by Crippen LogP contribution is -1.91. The van der Waals surface area contributed by atoms with Gasteiger partial charge in [-0.2, -0.15) is 0 Å². The Bertz CT molecular complexity index is 1530. The monoisotopic (exact) mass is 431 g/mol. The lowest BCUT2D eigenvalue weighted by atomic mass is 10.0. The smallest absolute Gasteiger partial charge is 0.227 e. The Kier molecular flexibility index (Phi) is 4.65. The first-order chi connectivity index (χ1) is 16.2. The summed E-state index contributed by atoms with van der Waals surface area (Å²) in [6.45, 7) is 0. The number of rotatable bonds is 5. The van der Waals surface area contributed by atoms with E-state index in [2.05, 4.69) is 58.5 Å². The summed E-state index contributed by atoms with van der Waals surface area (Å²) in [7, 11) is 0. The van der Waals surface area contributed by atoms with Crippen LogP contribution in [0.5, 0.6) is 0 Å². The summed E-state index contributed by atoms with van der Waals surface area (Å²) in [5, 5.41) is 0. The third kappa shape index (κ3) is 3.85. The van der Waals surface area contributed by atoms with Crippen molar-refractivity contribution < 1.29 is 8.83 Å². The summed E-state index contributed by atoms with van der Waals surface area (Å²) in [4.78, 5) is 9.13. The van der Waals surface area contributed by atoms with Crippen molar-refractivity contribution in [3.05, 3.63) is 102 Å². The minimum Gasteiger partial charge on any atom is -0.436 e. The highest BCUT2D eigenvalue weighted by Crippen LogP contribution is 2.27. The van der Waals surface area contributed by atoms with Gasteiger partial charge in [0.25, 0.3) is 0 Å². The molecule has 0 saturated carbocycles. The van der Waals surface area contributed by atoms with E-state index in [0.29, 0.717) is 17.5 Å². The molecular weight excluding hydrogens is 410 g/mol. The number of anilines is 1. The number of para-hydroxylation sites is 2. The number of hydrogen-bond acceptors (Lipinski definition) is 5. The van der Waals surface area contributed by atoms with Crippen LogP contribution in [0.4, 0.5) is 5.69 Å². The molecule has 2 N–H and O–H groups in total. The Morgan fingerprint density at radius 1 is 0.576 bits per heavy atom. The molecule has 160 valence electrons. The van der Waals surface area contributed by atoms with Crippen LogP contribution >= 0.6 is 0 Å². The zero-order valence-electron chi connectivity index (χ0n) is 17.9. The Hall–Kier alpha value is -4.38. The highest BCUT2D eigenvalue weighted by molar-refractivity contribution is 5.79. The number of aromatic nitrogens is 2. The van der Waals surface area contributed by atoms with Crippen molar-refractivity contribution in [2.75, 3.05) is 5.73 Å². The molecule has 5 heteroatoms. The molecule has 0 saturated heterocycles. The summed E-state index contributed by atoms with van der Waals surface area (Å²) in [5.41, 5.74) is 14.2. The van der Waals surface area contributed by atoms with Gasteiger partial charge in [0.2, 0.25) is 11.8 Å².